The molecule has 2 nitrogen and oxygen atoms in total. The van der Waals surface area contributed by atoms with E-state index in [0.717, 1.165) is 30.1 Å². The van der Waals surface area contributed by atoms with Gasteiger partial charge in [-0.25, -0.2) is 4.39 Å². The monoisotopic (exact) mass is 279 g/mol. The molecule has 0 heterocycles. The van der Waals surface area contributed by atoms with E-state index in [2.05, 4.69) is 6.92 Å². The minimum absolute atomic E-state index is 0.186. The number of nitrogens with two attached hydrogens (primary N) is 1. The van der Waals surface area contributed by atoms with Gasteiger partial charge in [0.25, 0.3) is 0 Å². The maximum atomic E-state index is 13.6. The first-order valence-electron chi connectivity index (χ1n) is 7.73. The van der Waals surface area contributed by atoms with Gasteiger partial charge in [-0.2, -0.15) is 0 Å². The fourth-order valence-corrected chi connectivity index (χ4v) is 3.65. The summed E-state index contributed by atoms with van der Waals surface area (Å²) in [7, 11) is 1.65. The van der Waals surface area contributed by atoms with Crippen molar-refractivity contribution in [3.8, 4) is 5.75 Å². The zero-order valence-electron chi connectivity index (χ0n) is 12.6. The largest absolute Gasteiger partial charge is 0.496 e. The molecule has 0 aromatic heterocycles. The molecule has 1 aliphatic carbocycles. The summed E-state index contributed by atoms with van der Waals surface area (Å²) in [4.78, 5) is 0. The van der Waals surface area contributed by atoms with E-state index in [9.17, 15) is 4.39 Å². The maximum Gasteiger partial charge on any atom is 0.123 e. The van der Waals surface area contributed by atoms with Gasteiger partial charge in [-0.1, -0.05) is 26.2 Å². The van der Waals surface area contributed by atoms with Crippen LogP contribution < -0.4 is 10.5 Å². The lowest BCUT2D eigenvalue weighted by molar-refractivity contribution is 0.226. The molecule has 2 rings (SSSR count). The number of methoxy groups -OCH3 is 1. The van der Waals surface area contributed by atoms with Crippen LogP contribution in [0.3, 0.4) is 0 Å². The van der Waals surface area contributed by atoms with E-state index >= 15 is 0 Å². The summed E-state index contributed by atoms with van der Waals surface area (Å²) in [5.41, 5.74) is 6.95. The number of halogens is 1. The Morgan fingerprint density at radius 3 is 2.80 bits per heavy atom. The molecule has 3 atom stereocenters. The second-order valence-corrected chi connectivity index (χ2v) is 5.96. The molecule has 1 aromatic rings. The molecule has 112 valence electrons. The summed E-state index contributed by atoms with van der Waals surface area (Å²) in [5.74, 6) is 2.12. The summed E-state index contributed by atoms with van der Waals surface area (Å²) in [6.45, 7) is 2.90. The molecule has 1 aliphatic rings. The van der Waals surface area contributed by atoms with Gasteiger partial charge in [-0.3, -0.25) is 0 Å². The summed E-state index contributed by atoms with van der Waals surface area (Å²) in [6, 6.07) is 4.84. The van der Waals surface area contributed by atoms with Crippen LogP contribution in [-0.4, -0.2) is 13.7 Å². The predicted octanol–water partition coefficient (Wildman–Crippen LogP) is 4.09. The van der Waals surface area contributed by atoms with E-state index < -0.39 is 0 Å². The minimum Gasteiger partial charge on any atom is -0.496 e. The van der Waals surface area contributed by atoms with Crippen molar-refractivity contribution in [2.24, 2.45) is 17.6 Å². The van der Waals surface area contributed by atoms with Gasteiger partial charge in [0, 0.05) is 5.56 Å². The van der Waals surface area contributed by atoms with E-state index in [1.165, 1.54) is 25.3 Å². The maximum absolute atomic E-state index is 13.6. The van der Waals surface area contributed by atoms with Crippen LogP contribution in [0.4, 0.5) is 4.39 Å². The van der Waals surface area contributed by atoms with Gasteiger partial charge >= 0.3 is 0 Å². The minimum atomic E-state index is -0.186. The fraction of sp³-hybridized carbons (Fsp3) is 0.647. The number of benzene rings is 1. The first kappa shape index (κ1) is 15.3. The Morgan fingerprint density at radius 2 is 2.15 bits per heavy atom. The third-order valence-electron chi connectivity index (χ3n) is 4.69. The highest BCUT2D eigenvalue weighted by Gasteiger charge is 2.32. The number of hydrogen-bond acceptors (Lipinski definition) is 2. The van der Waals surface area contributed by atoms with Crippen LogP contribution in [0.5, 0.6) is 5.75 Å². The topological polar surface area (TPSA) is 35.2 Å². The van der Waals surface area contributed by atoms with Crippen molar-refractivity contribution in [1.29, 1.82) is 0 Å². The number of ether oxygens (including phenoxy) is 1. The van der Waals surface area contributed by atoms with Gasteiger partial charge in [-0.05, 0) is 55.3 Å². The Hall–Kier alpha value is -1.09. The lowest BCUT2D eigenvalue weighted by Crippen LogP contribution is -2.29. The zero-order chi connectivity index (χ0) is 14.5. The average Bonchev–Trinajstić information content (AvgIpc) is 2.47. The normalized spacial score (nSPS) is 26.5. The Bertz CT molecular complexity index is 435. The molecule has 3 heteroatoms. The van der Waals surface area contributed by atoms with Gasteiger partial charge in [0.2, 0.25) is 0 Å². The van der Waals surface area contributed by atoms with E-state index in [1.54, 1.807) is 19.2 Å². The quantitative estimate of drug-likeness (QED) is 0.881. The van der Waals surface area contributed by atoms with Crippen molar-refractivity contribution in [3.05, 3.63) is 29.6 Å². The molecule has 0 radical (unpaired) electrons. The van der Waals surface area contributed by atoms with Gasteiger partial charge in [0.15, 0.2) is 0 Å². The molecule has 3 unspecified atom stereocenters. The summed E-state index contributed by atoms with van der Waals surface area (Å²) >= 11 is 0. The standard InChI is InChI=1S/C17H26FNO/c1-3-4-12-5-6-13(11-19)15(9-12)16-10-14(18)7-8-17(16)20-2/h7-8,10,12-13,15H,3-6,9,11,19H2,1-2H3. The van der Waals surface area contributed by atoms with Gasteiger partial charge in [0.1, 0.15) is 11.6 Å². The molecule has 1 aromatic carbocycles. The molecule has 0 saturated heterocycles. The first-order chi connectivity index (χ1) is 9.69. The molecule has 0 spiro atoms. The van der Waals surface area contributed by atoms with E-state index in [4.69, 9.17) is 10.5 Å². The molecule has 0 bridgehead atoms. The molecule has 0 amide bonds. The van der Waals surface area contributed by atoms with Gasteiger partial charge < -0.3 is 10.5 Å². The van der Waals surface area contributed by atoms with Crippen LogP contribution in [0.15, 0.2) is 18.2 Å². The van der Waals surface area contributed by atoms with Crippen LogP contribution in [0.1, 0.15) is 50.5 Å². The molecule has 1 fully saturated rings. The summed E-state index contributed by atoms with van der Waals surface area (Å²) < 4.78 is 19.1. The highest BCUT2D eigenvalue weighted by Crippen LogP contribution is 2.44. The molecule has 20 heavy (non-hydrogen) atoms. The highest BCUT2D eigenvalue weighted by molar-refractivity contribution is 5.37. The van der Waals surface area contributed by atoms with Crippen LogP contribution in [0, 0.1) is 17.7 Å². The Morgan fingerprint density at radius 1 is 1.35 bits per heavy atom. The van der Waals surface area contributed by atoms with Crippen molar-refractivity contribution in [3.63, 3.8) is 0 Å². The smallest absolute Gasteiger partial charge is 0.123 e. The third kappa shape index (κ3) is 3.32. The summed E-state index contributed by atoms with van der Waals surface area (Å²) in [5, 5.41) is 0. The number of rotatable bonds is 5. The Labute approximate surface area is 121 Å². The lowest BCUT2D eigenvalue weighted by atomic mass is 9.70. The first-order valence-corrected chi connectivity index (χ1v) is 7.73. The van der Waals surface area contributed by atoms with Gasteiger partial charge in [0.05, 0.1) is 7.11 Å². The third-order valence-corrected chi connectivity index (χ3v) is 4.69. The van der Waals surface area contributed by atoms with Crippen LogP contribution in [0.25, 0.3) is 0 Å². The van der Waals surface area contributed by atoms with E-state index in [0.29, 0.717) is 18.4 Å². The Kier molecular flexibility index (Phi) is 5.41. The van der Waals surface area contributed by atoms with Gasteiger partial charge in [-0.15, -0.1) is 0 Å². The predicted molar refractivity (Wildman–Crippen MR) is 80.5 cm³/mol. The fourth-order valence-electron chi connectivity index (χ4n) is 3.65. The van der Waals surface area contributed by atoms with Crippen molar-refractivity contribution in [2.75, 3.05) is 13.7 Å². The average molecular weight is 279 g/mol. The van der Waals surface area contributed by atoms with Crippen molar-refractivity contribution in [2.45, 2.75) is 44.9 Å². The van der Waals surface area contributed by atoms with Crippen LogP contribution >= 0.6 is 0 Å². The second kappa shape index (κ2) is 7.07. The molecular formula is C17H26FNO. The summed E-state index contributed by atoms with van der Waals surface area (Å²) in [6.07, 6.45) is 5.97. The second-order valence-electron chi connectivity index (χ2n) is 5.96. The molecule has 0 aliphatic heterocycles. The zero-order valence-corrected chi connectivity index (χ0v) is 12.6. The highest BCUT2D eigenvalue weighted by atomic mass is 19.1. The van der Waals surface area contributed by atoms with Crippen molar-refractivity contribution >= 4 is 0 Å². The van der Waals surface area contributed by atoms with Crippen molar-refractivity contribution in [1.82, 2.24) is 0 Å². The molecule has 2 N–H and O–H groups in total. The Balaban J connectivity index is 2.28. The molecular weight excluding hydrogens is 253 g/mol. The van der Waals surface area contributed by atoms with Crippen LogP contribution in [0.2, 0.25) is 0 Å². The number of hydrogen-bond donors (Lipinski definition) is 1. The SMILES string of the molecule is CCCC1CCC(CN)C(c2cc(F)ccc2OC)C1. The van der Waals surface area contributed by atoms with Crippen LogP contribution in [-0.2, 0) is 0 Å². The molecule has 1 saturated carbocycles. The lowest BCUT2D eigenvalue weighted by Gasteiger charge is -2.36. The van der Waals surface area contributed by atoms with E-state index in [1.807, 2.05) is 0 Å². The van der Waals surface area contributed by atoms with E-state index in [-0.39, 0.29) is 5.82 Å². The van der Waals surface area contributed by atoms with Crippen molar-refractivity contribution < 1.29 is 9.13 Å².